The Morgan fingerprint density at radius 1 is 1.47 bits per heavy atom. The smallest absolute Gasteiger partial charge is 0.169 e. The quantitative estimate of drug-likeness (QED) is 0.562. The molecule has 0 amide bonds. The van der Waals surface area contributed by atoms with Crippen LogP contribution in [0.4, 0.5) is 0 Å². The van der Waals surface area contributed by atoms with Crippen LogP contribution in [0.15, 0.2) is 47.8 Å². The first-order valence-electron chi connectivity index (χ1n) is 4.83. The average Bonchev–Trinajstić information content (AvgIpc) is 2.67. The van der Waals surface area contributed by atoms with Gasteiger partial charge in [-0.3, -0.25) is 0 Å². The van der Waals surface area contributed by atoms with Gasteiger partial charge in [0.25, 0.3) is 0 Å². The second-order valence-electron chi connectivity index (χ2n) is 3.40. The predicted octanol–water partition coefficient (Wildman–Crippen LogP) is 2.12. The van der Waals surface area contributed by atoms with Crippen molar-refractivity contribution < 1.29 is 9.09 Å². The van der Waals surface area contributed by atoms with E-state index in [2.05, 4.69) is 11.7 Å². The highest BCUT2D eigenvalue weighted by Crippen LogP contribution is 2.18. The normalized spacial score (nSPS) is 10.2. The fourth-order valence-electron chi connectivity index (χ4n) is 1.39. The van der Waals surface area contributed by atoms with Gasteiger partial charge < -0.3 is 4.52 Å². The minimum absolute atomic E-state index is 0.804. The number of pyridine rings is 1. The van der Waals surface area contributed by atoms with E-state index < -0.39 is 0 Å². The highest BCUT2D eigenvalue weighted by atomic mass is 16.5. The molecule has 2 heterocycles. The summed E-state index contributed by atoms with van der Waals surface area (Å²) in [6, 6.07) is 5.93. The van der Waals surface area contributed by atoms with Crippen molar-refractivity contribution >= 4 is 0 Å². The minimum Gasteiger partial charge on any atom is -0.356 e. The summed E-state index contributed by atoms with van der Waals surface area (Å²) < 4.78 is 7.21. The Balaban J connectivity index is 2.27. The second-order valence-corrected chi connectivity index (χ2v) is 3.40. The molecule has 0 spiro atoms. The van der Waals surface area contributed by atoms with Crippen molar-refractivity contribution in [2.75, 3.05) is 0 Å². The van der Waals surface area contributed by atoms with E-state index in [4.69, 9.17) is 4.52 Å². The summed E-state index contributed by atoms with van der Waals surface area (Å²) in [4.78, 5) is 0. The first-order chi connectivity index (χ1) is 7.29. The lowest BCUT2D eigenvalue weighted by molar-refractivity contribution is -0.686. The number of aryl methyl sites for hydroxylation is 1. The zero-order chi connectivity index (χ0) is 10.7. The second kappa shape index (κ2) is 4.09. The Hall–Kier alpha value is -1.90. The number of aromatic nitrogens is 2. The van der Waals surface area contributed by atoms with Gasteiger partial charge in [0.1, 0.15) is 0 Å². The number of rotatable bonds is 3. The predicted molar refractivity (Wildman–Crippen MR) is 57.1 cm³/mol. The molecule has 2 aromatic heterocycles. The highest BCUT2D eigenvalue weighted by molar-refractivity contribution is 5.55. The molecule has 2 rings (SSSR count). The number of allylic oxidation sites excluding steroid dienone is 1. The lowest BCUT2D eigenvalue weighted by Gasteiger charge is -1.94. The third-order valence-corrected chi connectivity index (χ3v) is 2.14. The van der Waals surface area contributed by atoms with Crippen LogP contribution in [0.2, 0.25) is 0 Å². The molecule has 0 saturated heterocycles. The molecular formula is C12H13N2O+. The Kier molecular flexibility index (Phi) is 2.63. The highest BCUT2D eigenvalue weighted by Gasteiger charge is 2.05. The van der Waals surface area contributed by atoms with Gasteiger partial charge in [0.2, 0.25) is 0 Å². The Morgan fingerprint density at radius 2 is 2.20 bits per heavy atom. The molecular weight excluding hydrogens is 188 g/mol. The van der Waals surface area contributed by atoms with Crippen molar-refractivity contribution in [3.8, 4) is 11.3 Å². The van der Waals surface area contributed by atoms with Gasteiger partial charge in [-0.15, -0.1) is 0 Å². The van der Waals surface area contributed by atoms with E-state index >= 15 is 0 Å². The van der Waals surface area contributed by atoms with Crippen molar-refractivity contribution in [2.24, 2.45) is 0 Å². The molecule has 0 aliphatic rings. The third kappa shape index (κ3) is 2.13. The van der Waals surface area contributed by atoms with E-state index in [1.807, 2.05) is 48.2 Å². The van der Waals surface area contributed by atoms with E-state index in [1.165, 1.54) is 0 Å². The van der Waals surface area contributed by atoms with Crippen LogP contribution in [0, 0.1) is 6.92 Å². The fourth-order valence-corrected chi connectivity index (χ4v) is 1.39. The van der Waals surface area contributed by atoms with E-state index in [1.54, 1.807) is 0 Å². The van der Waals surface area contributed by atoms with Crippen LogP contribution in [0.25, 0.3) is 11.3 Å². The summed E-state index contributed by atoms with van der Waals surface area (Å²) in [6.45, 7) is 6.42. The van der Waals surface area contributed by atoms with Crippen molar-refractivity contribution in [1.29, 1.82) is 0 Å². The van der Waals surface area contributed by atoms with Gasteiger partial charge >= 0.3 is 0 Å². The van der Waals surface area contributed by atoms with Gasteiger partial charge in [0.05, 0.1) is 5.69 Å². The molecule has 0 fully saturated rings. The third-order valence-electron chi connectivity index (χ3n) is 2.14. The maximum absolute atomic E-state index is 5.17. The van der Waals surface area contributed by atoms with E-state index in [0.29, 0.717) is 0 Å². The molecule has 2 aromatic rings. The molecule has 0 radical (unpaired) electrons. The summed E-state index contributed by atoms with van der Waals surface area (Å²) in [5, 5.41) is 3.85. The zero-order valence-corrected chi connectivity index (χ0v) is 8.68. The van der Waals surface area contributed by atoms with Gasteiger partial charge in [-0.1, -0.05) is 11.7 Å². The molecule has 0 saturated carbocycles. The molecule has 0 aliphatic heterocycles. The van der Waals surface area contributed by atoms with Gasteiger partial charge in [0.15, 0.2) is 24.7 Å². The average molecular weight is 201 g/mol. The van der Waals surface area contributed by atoms with E-state index in [0.717, 1.165) is 23.6 Å². The standard InChI is InChI=1S/C12H13N2O/c1-3-6-14-7-4-11(5-8-14)12-9-10(2)13-15-12/h3-5,7-9H,1,6H2,2H3/q+1. The summed E-state index contributed by atoms with van der Waals surface area (Å²) in [5.74, 6) is 0.804. The zero-order valence-electron chi connectivity index (χ0n) is 8.68. The topological polar surface area (TPSA) is 29.9 Å². The monoisotopic (exact) mass is 201 g/mol. The SMILES string of the molecule is C=CC[n+]1ccc(-c2cc(C)no2)cc1. The number of hydrogen-bond acceptors (Lipinski definition) is 2. The maximum Gasteiger partial charge on any atom is 0.169 e. The Labute approximate surface area is 88.7 Å². The Morgan fingerprint density at radius 3 is 2.73 bits per heavy atom. The van der Waals surface area contributed by atoms with Crippen LogP contribution in [0.3, 0.4) is 0 Å². The van der Waals surface area contributed by atoms with Gasteiger partial charge in [-0.2, -0.15) is 0 Å². The van der Waals surface area contributed by atoms with Crippen LogP contribution in [-0.2, 0) is 6.54 Å². The molecule has 15 heavy (non-hydrogen) atoms. The van der Waals surface area contributed by atoms with Gasteiger partial charge in [0, 0.05) is 23.8 Å². The van der Waals surface area contributed by atoms with Crippen LogP contribution in [-0.4, -0.2) is 5.16 Å². The van der Waals surface area contributed by atoms with E-state index in [9.17, 15) is 0 Å². The molecule has 0 bridgehead atoms. The minimum atomic E-state index is 0.804. The van der Waals surface area contributed by atoms with Crippen molar-refractivity contribution in [2.45, 2.75) is 13.5 Å². The number of nitrogens with zero attached hydrogens (tertiary/aromatic N) is 2. The van der Waals surface area contributed by atoms with Gasteiger partial charge in [-0.05, 0) is 13.0 Å². The molecule has 0 N–H and O–H groups in total. The molecule has 0 atom stereocenters. The molecule has 3 heteroatoms. The summed E-state index contributed by atoms with van der Waals surface area (Å²) in [6.07, 6.45) is 5.85. The van der Waals surface area contributed by atoms with Crippen LogP contribution in [0.5, 0.6) is 0 Å². The lowest BCUT2D eigenvalue weighted by atomic mass is 10.2. The van der Waals surface area contributed by atoms with E-state index in [-0.39, 0.29) is 0 Å². The molecule has 3 nitrogen and oxygen atoms in total. The summed E-state index contributed by atoms with van der Waals surface area (Å²) in [7, 11) is 0. The fraction of sp³-hybridized carbons (Fsp3) is 0.167. The van der Waals surface area contributed by atoms with Crippen molar-refractivity contribution in [3.05, 3.63) is 48.9 Å². The molecule has 0 aliphatic carbocycles. The first-order valence-corrected chi connectivity index (χ1v) is 4.83. The Bertz CT molecular complexity index is 457. The summed E-state index contributed by atoms with van der Waals surface area (Å²) >= 11 is 0. The molecule has 0 aromatic carbocycles. The van der Waals surface area contributed by atoms with Crippen LogP contribution >= 0.6 is 0 Å². The lowest BCUT2D eigenvalue weighted by Crippen LogP contribution is -2.31. The summed E-state index contributed by atoms with van der Waals surface area (Å²) in [5.41, 5.74) is 1.93. The van der Waals surface area contributed by atoms with Gasteiger partial charge in [-0.25, -0.2) is 4.57 Å². The molecule has 0 unspecified atom stereocenters. The number of hydrogen-bond donors (Lipinski definition) is 0. The largest absolute Gasteiger partial charge is 0.356 e. The van der Waals surface area contributed by atoms with Crippen molar-refractivity contribution in [1.82, 2.24) is 5.16 Å². The van der Waals surface area contributed by atoms with Crippen LogP contribution in [0.1, 0.15) is 5.69 Å². The first kappa shape index (κ1) is 9.65. The van der Waals surface area contributed by atoms with Crippen molar-refractivity contribution in [3.63, 3.8) is 0 Å². The maximum atomic E-state index is 5.17. The van der Waals surface area contributed by atoms with Crippen LogP contribution < -0.4 is 4.57 Å². The molecule has 76 valence electrons.